The van der Waals surface area contributed by atoms with Crippen molar-refractivity contribution in [2.75, 3.05) is 0 Å². The molecule has 0 aromatic heterocycles. The predicted octanol–water partition coefficient (Wildman–Crippen LogP) is 1.73. The first kappa shape index (κ1) is 11.4. The molecule has 0 unspecified atom stereocenters. The number of hydrogen-bond donors (Lipinski definition) is 1. The molecule has 1 N–H and O–H groups in total. The Morgan fingerprint density at radius 2 is 2.00 bits per heavy atom. The third kappa shape index (κ3) is 3.52. The number of rotatable bonds is 4. The van der Waals surface area contributed by atoms with Gasteiger partial charge < -0.3 is 5.11 Å². The van der Waals surface area contributed by atoms with E-state index in [-0.39, 0.29) is 0 Å². The van der Waals surface area contributed by atoms with Gasteiger partial charge in [0, 0.05) is 11.8 Å². The normalized spacial score (nSPS) is 15.1. The van der Waals surface area contributed by atoms with Gasteiger partial charge in [0.2, 0.25) is 6.04 Å². The highest BCUT2D eigenvalue weighted by Gasteiger charge is 2.20. The Kier molecular flexibility index (Phi) is 4.00. The summed E-state index contributed by atoms with van der Waals surface area (Å²) >= 11 is 0. The molecule has 2 atom stereocenters. The Labute approximate surface area is 88.0 Å². The van der Waals surface area contributed by atoms with Crippen molar-refractivity contribution < 1.29 is 10.0 Å². The van der Waals surface area contributed by atoms with Crippen LogP contribution in [0, 0.1) is 10.1 Å². The van der Waals surface area contributed by atoms with E-state index >= 15 is 0 Å². The van der Waals surface area contributed by atoms with Gasteiger partial charge in [0.1, 0.15) is 6.10 Å². The van der Waals surface area contributed by atoms with E-state index in [9.17, 15) is 15.2 Å². The largest absolute Gasteiger partial charge is 0.382 e. The molecule has 0 spiro atoms. The summed E-state index contributed by atoms with van der Waals surface area (Å²) in [5.74, 6) is 0. The molecule has 0 radical (unpaired) electrons. The van der Waals surface area contributed by atoms with Crippen molar-refractivity contribution in [2.24, 2.45) is 0 Å². The highest BCUT2D eigenvalue weighted by molar-refractivity contribution is 5.49. The maximum absolute atomic E-state index is 10.4. The van der Waals surface area contributed by atoms with Gasteiger partial charge in [-0.2, -0.15) is 0 Å². The van der Waals surface area contributed by atoms with Crippen molar-refractivity contribution in [2.45, 2.75) is 19.1 Å². The van der Waals surface area contributed by atoms with Crippen LogP contribution in [0.1, 0.15) is 12.5 Å². The minimum Gasteiger partial charge on any atom is -0.382 e. The zero-order chi connectivity index (χ0) is 11.3. The van der Waals surface area contributed by atoms with E-state index in [0.717, 1.165) is 5.56 Å². The first-order valence-electron chi connectivity index (χ1n) is 4.66. The molecule has 1 aromatic carbocycles. The zero-order valence-corrected chi connectivity index (χ0v) is 8.41. The Balaban J connectivity index is 2.62. The SMILES string of the molecule is C[C@H]([C@H](O)/C=C/c1ccccc1)[N+](=O)[O-]. The number of aliphatic hydroxyl groups excluding tert-OH is 1. The number of hydrogen-bond acceptors (Lipinski definition) is 3. The Hall–Kier alpha value is -1.68. The van der Waals surface area contributed by atoms with Crippen LogP contribution in [0.2, 0.25) is 0 Å². The fourth-order valence-electron chi connectivity index (χ4n) is 1.06. The molecule has 0 saturated carbocycles. The van der Waals surface area contributed by atoms with Gasteiger partial charge >= 0.3 is 0 Å². The topological polar surface area (TPSA) is 63.4 Å². The average molecular weight is 207 g/mol. The number of aliphatic hydroxyl groups is 1. The van der Waals surface area contributed by atoms with E-state index in [1.165, 1.54) is 13.0 Å². The molecule has 0 amide bonds. The summed E-state index contributed by atoms with van der Waals surface area (Å²) in [7, 11) is 0. The summed E-state index contributed by atoms with van der Waals surface area (Å²) in [6.07, 6.45) is 2.05. The molecule has 80 valence electrons. The number of benzene rings is 1. The van der Waals surface area contributed by atoms with Crippen LogP contribution in [-0.4, -0.2) is 22.2 Å². The van der Waals surface area contributed by atoms with E-state index in [1.54, 1.807) is 6.08 Å². The second kappa shape index (κ2) is 5.26. The molecule has 4 heteroatoms. The van der Waals surface area contributed by atoms with E-state index in [2.05, 4.69) is 0 Å². The third-order valence-corrected chi connectivity index (χ3v) is 2.11. The van der Waals surface area contributed by atoms with Gasteiger partial charge in [-0.25, -0.2) is 0 Å². The van der Waals surface area contributed by atoms with Gasteiger partial charge in [0.25, 0.3) is 0 Å². The van der Waals surface area contributed by atoms with Crippen LogP contribution < -0.4 is 0 Å². The van der Waals surface area contributed by atoms with Gasteiger partial charge in [0.05, 0.1) is 0 Å². The van der Waals surface area contributed by atoms with Gasteiger partial charge in [0.15, 0.2) is 0 Å². The zero-order valence-electron chi connectivity index (χ0n) is 8.41. The second-order valence-electron chi connectivity index (χ2n) is 3.29. The van der Waals surface area contributed by atoms with E-state index in [0.29, 0.717) is 0 Å². The van der Waals surface area contributed by atoms with Gasteiger partial charge in [-0.3, -0.25) is 10.1 Å². The van der Waals surface area contributed by atoms with Crippen molar-refractivity contribution in [3.8, 4) is 0 Å². The molecule has 0 bridgehead atoms. The lowest BCUT2D eigenvalue weighted by molar-refractivity contribution is -0.526. The van der Waals surface area contributed by atoms with Crippen LogP contribution in [0.15, 0.2) is 36.4 Å². The average Bonchev–Trinajstić information content (AvgIpc) is 2.26. The van der Waals surface area contributed by atoms with Crippen LogP contribution >= 0.6 is 0 Å². The molecule has 0 aliphatic carbocycles. The van der Waals surface area contributed by atoms with Crippen molar-refractivity contribution in [1.82, 2.24) is 0 Å². The van der Waals surface area contributed by atoms with Gasteiger partial charge in [-0.05, 0) is 11.6 Å². The fraction of sp³-hybridized carbons (Fsp3) is 0.273. The summed E-state index contributed by atoms with van der Waals surface area (Å²) < 4.78 is 0. The molecule has 0 heterocycles. The first-order chi connectivity index (χ1) is 7.11. The smallest absolute Gasteiger partial charge is 0.239 e. The van der Waals surface area contributed by atoms with Gasteiger partial charge in [-0.1, -0.05) is 36.4 Å². The minimum absolute atomic E-state index is 0.500. The Morgan fingerprint density at radius 3 is 2.53 bits per heavy atom. The molecule has 15 heavy (non-hydrogen) atoms. The van der Waals surface area contributed by atoms with Crippen LogP contribution in [0.5, 0.6) is 0 Å². The highest BCUT2D eigenvalue weighted by Crippen LogP contribution is 2.05. The van der Waals surface area contributed by atoms with Crippen LogP contribution in [-0.2, 0) is 0 Å². The standard InChI is InChI=1S/C11H13NO3/c1-9(12(14)15)11(13)8-7-10-5-3-2-4-6-10/h2-9,11,13H,1H3/b8-7+/t9-,11-/m1/s1. The second-order valence-corrected chi connectivity index (χ2v) is 3.29. The maximum Gasteiger partial charge on any atom is 0.239 e. The minimum atomic E-state index is -1.06. The summed E-state index contributed by atoms with van der Waals surface area (Å²) in [5.41, 5.74) is 0.909. The van der Waals surface area contributed by atoms with Gasteiger partial charge in [-0.15, -0.1) is 0 Å². The summed E-state index contributed by atoms with van der Waals surface area (Å²) in [4.78, 5) is 9.86. The van der Waals surface area contributed by atoms with Crippen molar-refractivity contribution in [3.63, 3.8) is 0 Å². The summed E-state index contributed by atoms with van der Waals surface area (Å²) in [6.45, 7) is 1.38. The van der Waals surface area contributed by atoms with Crippen LogP contribution in [0.3, 0.4) is 0 Å². The number of nitrogens with zero attached hydrogens (tertiary/aromatic N) is 1. The number of nitro groups is 1. The maximum atomic E-state index is 10.4. The molecule has 0 fully saturated rings. The van der Waals surface area contributed by atoms with Crippen molar-refractivity contribution in [3.05, 3.63) is 52.1 Å². The van der Waals surface area contributed by atoms with E-state index < -0.39 is 17.1 Å². The lowest BCUT2D eigenvalue weighted by atomic mass is 10.1. The molecular formula is C11H13NO3. The van der Waals surface area contributed by atoms with Crippen LogP contribution in [0.25, 0.3) is 6.08 Å². The molecular weight excluding hydrogens is 194 g/mol. The first-order valence-corrected chi connectivity index (χ1v) is 4.66. The lowest BCUT2D eigenvalue weighted by Crippen LogP contribution is -2.28. The predicted molar refractivity (Wildman–Crippen MR) is 57.9 cm³/mol. The lowest BCUT2D eigenvalue weighted by Gasteiger charge is -2.06. The van der Waals surface area contributed by atoms with Crippen LogP contribution in [0.4, 0.5) is 0 Å². The molecule has 0 aliphatic heterocycles. The Bertz CT molecular complexity index is 348. The highest BCUT2D eigenvalue weighted by atomic mass is 16.6. The van der Waals surface area contributed by atoms with Crippen molar-refractivity contribution in [1.29, 1.82) is 0 Å². The molecule has 1 rings (SSSR count). The van der Waals surface area contributed by atoms with Crippen molar-refractivity contribution >= 4 is 6.08 Å². The summed E-state index contributed by atoms with van der Waals surface area (Å²) in [5, 5.41) is 19.8. The summed E-state index contributed by atoms with van der Waals surface area (Å²) in [6, 6.07) is 8.35. The Morgan fingerprint density at radius 1 is 1.40 bits per heavy atom. The quantitative estimate of drug-likeness (QED) is 0.604. The monoisotopic (exact) mass is 207 g/mol. The van der Waals surface area contributed by atoms with E-state index in [4.69, 9.17) is 0 Å². The molecule has 0 aliphatic rings. The molecule has 0 saturated heterocycles. The molecule has 1 aromatic rings. The molecule has 4 nitrogen and oxygen atoms in total. The van der Waals surface area contributed by atoms with E-state index in [1.807, 2.05) is 30.3 Å². The fourth-order valence-corrected chi connectivity index (χ4v) is 1.06. The third-order valence-electron chi connectivity index (χ3n) is 2.11.